The number of rotatable bonds is 4. The van der Waals surface area contributed by atoms with Crippen molar-refractivity contribution >= 4 is 15.9 Å². The van der Waals surface area contributed by atoms with E-state index >= 15 is 0 Å². The fourth-order valence-electron chi connectivity index (χ4n) is 1.61. The summed E-state index contributed by atoms with van der Waals surface area (Å²) in [6.07, 6.45) is 0. The highest BCUT2D eigenvalue weighted by molar-refractivity contribution is 9.10. The molecule has 3 heteroatoms. The van der Waals surface area contributed by atoms with Crippen LogP contribution in [0, 0.1) is 5.92 Å². The molecule has 0 amide bonds. The Morgan fingerprint density at radius 3 is 2.57 bits per heavy atom. The van der Waals surface area contributed by atoms with E-state index in [1.807, 2.05) is 19.2 Å². The van der Waals surface area contributed by atoms with Crippen molar-refractivity contribution in [2.24, 2.45) is 11.7 Å². The number of nitrogens with two attached hydrogens (primary N) is 1. The van der Waals surface area contributed by atoms with Crippen LogP contribution in [0.4, 0.5) is 0 Å². The van der Waals surface area contributed by atoms with E-state index in [2.05, 4.69) is 40.3 Å². The van der Waals surface area contributed by atoms with E-state index in [1.54, 1.807) is 0 Å². The molecule has 2 unspecified atom stereocenters. The summed E-state index contributed by atoms with van der Waals surface area (Å²) in [6.45, 7) is 2.84. The fourth-order valence-corrected chi connectivity index (χ4v) is 2.14. The Morgan fingerprint density at radius 2 is 2.07 bits per heavy atom. The van der Waals surface area contributed by atoms with Crippen LogP contribution in [-0.2, 0) is 0 Å². The summed E-state index contributed by atoms with van der Waals surface area (Å²) >= 11 is 3.55. The maximum absolute atomic E-state index is 5.68. The Kier molecular flexibility index (Phi) is 4.58. The molecule has 1 rings (SSSR count). The van der Waals surface area contributed by atoms with E-state index < -0.39 is 0 Å². The average Bonchev–Trinajstić information content (AvgIpc) is 2.21. The monoisotopic (exact) mass is 256 g/mol. The first-order valence-electron chi connectivity index (χ1n) is 4.82. The van der Waals surface area contributed by atoms with Crippen LogP contribution in [0.1, 0.15) is 18.5 Å². The number of nitrogens with one attached hydrogen (secondary N) is 1. The first kappa shape index (κ1) is 11.7. The smallest absolute Gasteiger partial charge is 0.0366 e. The molecule has 1 aromatic rings. The van der Waals surface area contributed by atoms with Crippen molar-refractivity contribution < 1.29 is 0 Å². The van der Waals surface area contributed by atoms with Gasteiger partial charge in [0.25, 0.3) is 0 Å². The molecular weight excluding hydrogens is 240 g/mol. The zero-order valence-electron chi connectivity index (χ0n) is 8.63. The second-order valence-electron chi connectivity index (χ2n) is 3.50. The van der Waals surface area contributed by atoms with Crippen molar-refractivity contribution in [3.63, 3.8) is 0 Å². The van der Waals surface area contributed by atoms with Gasteiger partial charge in [0.05, 0.1) is 0 Å². The minimum absolute atomic E-state index is 0.315. The van der Waals surface area contributed by atoms with Gasteiger partial charge in [-0.1, -0.05) is 41.1 Å². The van der Waals surface area contributed by atoms with Crippen molar-refractivity contribution in [1.29, 1.82) is 0 Å². The van der Waals surface area contributed by atoms with Crippen molar-refractivity contribution in [2.75, 3.05) is 13.6 Å². The quantitative estimate of drug-likeness (QED) is 0.868. The van der Waals surface area contributed by atoms with Crippen LogP contribution in [0.2, 0.25) is 0 Å². The van der Waals surface area contributed by atoms with Gasteiger partial charge in [-0.2, -0.15) is 0 Å². The van der Waals surface area contributed by atoms with Gasteiger partial charge in [-0.25, -0.2) is 0 Å². The summed E-state index contributed by atoms with van der Waals surface area (Å²) in [5.41, 5.74) is 6.95. The standard InChI is InChI=1S/C11H17BrN2/c1-8(7-13)11(14-2)9-5-3-4-6-10(9)12/h3-6,8,11,14H,7,13H2,1-2H3. The van der Waals surface area contributed by atoms with E-state index in [9.17, 15) is 0 Å². The SMILES string of the molecule is CNC(c1ccccc1Br)C(C)CN. The normalized spacial score (nSPS) is 15.1. The third-order valence-electron chi connectivity index (χ3n) is 2.49. The van der Waals surface area contributed by atoms with Crippen molar-refractivity contribution in [2.45, 2.75) is 13.0 Å². The molecule has 0 aromatic heterocycles. The summed E-state index contributed by atoms with van der Waals surface area (Å²) in [4.78, 5) is 0. The molecule has 1 aromatic carbocycles. The second-order valence-corrected chi connectivity index (χ2v) is 4.36. The van der Waals surface area contributed by atoms with Crippen molar-refractivity contribution in [3.05, 3.63) is 34.3 Å². The van der Waals surface area contributed by atoms with Gasteiger partial charge in [0.15, 0.2) is 0 Å². The van der Waals surface area contributed by atoms with Gasteiger partial charge in [-0.15, -0.1) is 0 Å². The molecule has 0 radical (unpaired) electrons. The summed E-state index contributed by atoms with van der Waals surface area (Å²) in [5.74, 6) is 0.429. The van der Waals surface area contributed by atoms with Gasteiger partial charge in [0, 0.05) is 10.5 Å². The fraction of sp³-hybridized carbons (Fsp3) is 0.455. The lowest BCUT2D eigenvalue weighted by atomic mass is 9.95. The Labute approximate surface area is 94.0 Å². The highest BCUT2D eigenvalue weighted by atomic mass is 79.9. The zero-order valence-corrected chi connectivity index (χ0v) is 10.2. The Morgan fingerprint density at radius 1 is 1.43 bits per heavy atom. The van der Waals surface area contributed by atoms with Crippen LogP contribution in [-0.4, -0.2) is 13.6 Å². The van der Waals surface area contributed by atoms with Crippen LogP contribution >= 0.6 is 15.9 Å². The molecule has 78 valence electrons. The van der Waals surface area contributed by atoms with Gasteiger partial charge >= 0.3 is 0 Å². The molecule has 0 aliphatic heterocycles. The van der Waals surface area contributed by atoms with E-state index in [-0.39, 0.29) is 0 Å². The first-order chi connectivity index (χ1) is 6.70. The lowest BCUT2D eigenvalue weighted by Crippen LogP contribution is -2.28. The first-order valence-corrected chi connectivity index (χ1v) is 5.61. The van der Waals surface area contributed by atoms with Gasteiger partial charge in [-0.05, 0) is 31.1 Å². The Balaban J connectivity index is 2.94. The Bertz CT molecular complexity index is 288. The average molecular weight is 257 g/mol. The van der Waals surface area contributed by atoms with Crippen molar-refractivity contribution in [3.8, 4) is 0 Å². The summed E-state index contributed by atoms with van der Waals surface area (Å²) in [5, 5.41) is 3.30. The minimum Gasteiger partial charge on any atom is -0.330 e. The van der Waals surface area contributed by atoms with E-state index in [0.717, 1.165) is 4.47 Å². The number of hydrogen-bond acceptors (Lipinski definition) is 2. The molecule has 0 aliphatic carbocycles. The second kappa shape index (κ2) is 5.49. The third-order valence-corrected chi connectivity index (χ3v) is 3.21. The number of halogens is 1. The maximum Gasteiger partial charge on any atom is 0.0366 e. The Hall–Kier alpha value is -0.380. The zero-order chi connectivity index (χ0) is 10.6. The van der Waals surface area contributed by atoms with Crippen LogP contribution in [0.25, 0.3) is 0 Å². The predicted molar refractivity (Wildman–Crippen MR) is 64.2 cm³/mol. The largest absolute Gasteiger partial charge is 0.330 e. The van der Waals surface area contributed by atoms with Crippen LogP contribution in [0.5, 0.6) is 0 Å². The van der Waals surface area contributed by atoms with E-state index in [4.69, 9.17) is 5.73 Å². The molecule has 0 aliphatic rings. The lowest BCUT2D eigenvalue weighted by molar-refractivity contribution is 0.418. The molecular formula is C11H17BrN2. The highest BCUT2D eigenvalue weighted by Crippen LogP contribution is 2.27. The molecule has 0 fully saturated rings. The maximum atomic E-state index is 5.68. The topological polar surface area (TPSA) is 38.0 Å². The molecule has 0 heterocycles. The molecule has 2 nitrogen and oxygen atoms in total. The molecule has 0 spiro atoms. The van der Waals surface area contributed by atoms with Gasteiger partial charge < -0.3 is 11.1 Å². The molecule has 3 N–H and O–H groups in total. The van der Waals surface area contributed by atoms with Crippen LogP contribution in [0.15, 0.2) is 28.7 Å². The van der Waals surface area contributed by atoms with Gasteiger partial charge in [-0.3, -0.25) is 0 Å². The summed E-state index contributed by atoms with van der Waals surface area (Å²) in [7, 11) is 1.97. The number of hydrogen-bond donors (Lipinski definition) is 2. The van der Waals surface area contributed by atoms with Crippen LogP contribution < -0.4 is 11.1 Å². The lowest BCUT2D eigenvalue weighted by Gasteiger charge is -2.23. The van der Waals surface area contributed by atoms with E-state index in [0.29, 0.717) is 18.5 Å². The molecule has 0 saturated carbocycles. The predicted octanol–water partition coefficient (Wildman–Crippen LogP) is 2.30. The highest BCUT2D eigenvalue weighted by Gasteiger charge is 2.17. The molecule has 0 bridgehead atoms. The third kappa shape index (κ3) is 2.56. The summed E-state index contributed by atoms with van der Waals surface area (Å²) < 4.78 is 1.14. The molecule has 2 atom stereocenters. The van der Waals surface area contributed by atoms with Crippen molar-refractivity contribution in [1.82, 2.24) is 5.32 Å². The van der Waals surface area contributed by atoms with Crippen LogP contribution in [0.3, 0.4) is 0 Å². The molecule has 14 heavy (non-hydrogen) atoms. The van der Waals surface area contributed by atoms with Gasteiger partial charge in [0.2, 0.25) is 0 Å². The van der Waals surface area contributed by atoms with Gasteiger partial charge in [0.1, 0.15) is 0 Å². The van der Waals surface area contributed by atoms with E-state index in [1.165, 1.54) is 5.56 Å². The minimum atomic E-state index is 0.315. The molecule has 0 saturated heterocycles. The number of benzene rings is 1. The summed E-state index contributed by atoms with van der Waals surface area (Å²) in [6, 6.07) is 8.57.